The summed E-state index contributed by atoms with van der Waals surface area (Å²) >= 11 is 0. The first-order chi connectivity index (χ1) is 7.67. The molecule has 2 unspecified atom stereocenters. The molecule has 1 aliphatic carbocycles. The normalized spacial score (nSPS) is 23.1. The largest absolute Gasteiger partial charge is 0.481 e. The molecule has 1 aromatic rings. The molecule has 1 N–H and O–H groups in total. The maximum Gasteiger partial charge on any atom is 0.307 e. The van der Waals surface area contributed by atoms with Gasteiger partial charge in [-0.2, -0.15) is 4.98 Å². The molecule has 0 amide bonds. The molecule has 6 heteroatoms. The van der Waals surface area contributed by atoms with Crippen molar-refractivity contribution in [1.29, 1.82) is 0 Å². The molecule has 16 heavy (non-hydrogen) atoms. The highest BCUT2D eigenvalue weighted by Gasteiger charge is 2.48. The number of carboxylic acid groups (broad SMARTS) is 1. The van der Waals surface area contributed by atoms with E-state index in [9.17, 15) is 4.79 Å². The highest BCUT2D eigenvalue weighted by molar-refractivity contribution is 5.74. The van der Waals surface area contributed by atoms with E-state index in [2.05, 4.69) is 10.1 Å². The van der Waals surface area contributed by atoms with Gasteiger partial charge in [-0.25, -0.2) is 0 Å². The van der Waals surface area contributed by atoms with E-state index in [0.29, 0.717) is 18.3 Å². The van der Waals surface area contributed by atoms with Crippen LogP contribution in [0.15, 0.2) is 4.52 Å². The van der Waals surface area contributed by atoms with Gasteiger partial charge >= 0.3 is 5.97 Å². The van der Waals surface area contributed by atoms with Crippen molar-refractivity contribution in [2.75, 3.05) is 18.0 Å². The number of aliphatic carboxylic acids is 1. The van der Waals surface area contributed by atoms with Crippen LogP contribution < -0.4 is 4.90 Å². The van der Waals surface area contributed by atoms with Gasteiger partial charge in [0.25, 0.3) is 5.95 Å². The molecule has 88 valence electrons. The summed E-state index contributed by atoms with van der Waals surface area (Å²) in [4.78, 5) is 16.9. The van der Waals surface area contributed by atoms with E-state index in [1.54, 1.807) is 0 Å². The van der Waals surface area contributed by atoms with Gasteiger partial charge in [0.2, 0.25) is 5.89 Å². The third-order valence-corrected chi connectivity index (χ3v) is 2.90. The number of aromatic nitrogens is 2. The zero-order valence-corrected chi connectivity index (χ0v) is 9.38. The summed E-state index contributed by atoms with van der Waals surface area (Å²) in [7, 11) is 0. The second-order valence-corrected chi connectivity index (χ2v) is 3.89. The van der Waals surface area contributed by atoms with Gasteiger partial charge in [-0.05, 0) is 25.4 Å². The number of hydrogen-bond donors (Lipinski definition) is 1. The lowest BCUT2D eigenvalue weighted by Gasteiger charge is -2.14. The van der Waals surface area contributed by atoms with Crippen LogP contribution in [0.2, 0.25) is 0 Å². The molecule has 2 rings (SSSR count). The lowest BCUT2D eigenvalue weighted by atomic mass is 10.3. The highest BCUT2D eigenvalue weighted by Crippen LogP contribution is 2.47. The number of carboxylic acids is 1. The Morgan fingerprint density at radius 2 is 2.25 bits per heavy atom. The van der Waals surface area contributed by atoms with Gasteiger partial charge in [0.1, 0.15) is 0 Å². The molecule has 0 aromatic carbocycles. The lowest BCUT2D eigenvalue weighted by Crippen LogP contribution is -2.22. The molecule has 1 aliphatic rings. The molecule has 1 fully saturated rings. The second kappa shape index (κ2) is 4.11. The van der Waals surface area contributed by atoms with E-state index < -0.39 is 5.97 Å². The molecule has 0 aliphatic heterocycles. The van der Waals surface area contributed by atoms with Gasteiger partial charge in [0.15, 0.2) is 0 Å². The number of anilines is 1. The van der Waals surface area contributed by atoms with E-state index in [-0.39, 0.29) is 11.8 Å². The monoisotopic (exact) mass is 225 g/mol. The highest BCUT2D eigenvalue weighted by atomic mass is 16.5. The van der Waals surface area contributed by atoms with E-state index in [4.69, 9.17) is 9.63 Å². The maximum atomic E-state index is 10.7. The van der Waals surface area contributed by atoms with Crippen molar-refractivity contribution in [3.05, 3.63) is 5.89 Å². The molecule has 0 saturated heterocycles. The minimum Gasteiger partial charge on any atom is -0.481 e. The standard InChI is InChI=1S/C10H15N3O3/c1-3-13(4-2)10-11-8(16-12-10)6-5-7(6)9(14)15/h6-7H,3-5H2,1-2H3,(H,14,15). The Labute approximate surface area is 93.2 Å². The summed E-state index contributed by atoms with van der Waals surface area (Å²) in [5.41, 5.74) is 0. The van der Waals surface area contributed by atoms with Crippen LogP contribution >= 0.6 is 0 Å². The average Bonchev–Trinajstić information content (AvgIpc) is 2.94. The quantitative estimate of drug-likeness (QED) is 0.808. The smallest absolute Gasteiger partial charge is 0.307 e. The van der Waals surface area contributed by atoms with Crippen LogP contribution in [0.5, 0.6) is 0 Å². The zero-order chi connectivity index (χ0) is 11.7. The fourth-order valence-electron chi connectivity index (χ4n) is 1.75. The lowest BCUT2D eigenvalue weighted by molar-refractivity contribution is -0.138. The number of carbonyl (C=O) groups is 1. The maximum absolute atomic E-state index is 10.7. The van der Waals surface area contributed by atoms with E-state index in [1.165, 1.54) is 0 Å². The van der Waals surface area contributed by atoms with Gasteiger partial charge in [0.05, 0.1) is 11.8 Å². The Bertz CT molecular complexity index is 386. The van der Waals surface area contributed by atoms with Gasteiger partial charge in [0, 0.05) is 13.1 Å². The molecule has 1 aromatic heterocycles. The molecular formula is C10H15N3O3. The summed E-state index contributed by atoms with van der Waals surface area (Å²) in [6.45, 7) is 5.64. The summed E-state index contributed by atoms with van der Waals surface area (Å²) in [6, 6.07) is 0. The van der Waals surface area contributed by atoms with Crippen LogP contribution in [0.4, 0.5) is 5.95 Å². The van der Waals surface area contributed by atoms with Crippen LogP contribution in [0, 0.1) is 5.92 Å². The summed E-state index contributed by atoms with van der Waals surface area (Å²) in [5.74, 6) is -0.211. The predicted molar refractivity (Wildman–Crippen MR) is 56.3 cm³/mol. The van der Waals surface area contributed by atoms with Crippen molar-refractivity contribution in [2.24, 2.45) is 5.92 Å². The Kier molecular flexibility index (Phi) is 2.80. The fraction of sp³-hybridized carbons (Fsp3) is 0.700. The Morgan fingerprint density at radius 3 is 2.75 bits per heavy atom. The summed E-state index contributed by atoms with van der Waals surface area (Å²) in [6.07, 6.45) is 0.606. The molecule has 0 bridgehead atoms. The van der Waals surface area contributed by atoms with Gasteiger partial charge < -0.3 is 14.5 Å². The first kappa shape index (κ1) is 10.9. The van der Waals surface area contributed by atoms with Gasteiger partial charge in [-0.15, -0.1) is 0 Å². The molecular weight excluding hydrogens is 210 g/mol. The Morgan fingerprint density at radius 1 is 1.56 bits per heavy atom. The van der Waals surface area contributed by atoms with Crippen LogP contribution in [-0.4, -0.2) is 34.3 Å². The van der Waals surface area contributed by atoms with Gasteiger partial charge in [-0.3, -0.25) is 4.79 Å². The van der Waals surface area contributed by atoms with E-state index >= 15 is 0 Å². The third kappa shape index (κ3) is 1.87. The second-order valence-electron chi connectivity index (χ2n) is 3.89. The van der Waals surface area contributed by atoms with E-state index in [1.807, 2.05) is 18.7 Å². The first-order valence-electron chi connectivity index (χ1n) is 5.48. The van der Waals surface area contributed by atoms with Crippen LogP contribution in [0.3, 0.4) is 0 Å². The molecule has 1 heterocycles. The van der Waals surface area contributed by atoms with Crippen LogP contribution in [0.25, 0.3) is 0 Å². The summed E-state index contributed by atoms with van der Waals surface area (Å²) in [5, 5.41) is 12.7. The summed E-state index contributed by atoms with van der Waals surface area (Å²) < 4.78 is 5.09. The fourth-order valence-corrected chi connectivity index (χ4v) is 1.75. The van der Waals surface area contributed by atoms with Crippen LogP contribution in [0.1, 0.15) is 32.1 Å². The third-order valence-electron chi connectivity index (χ3n) is 2.90. The van der Waals surface area contributed by atoms with Crippen molar-refractivity contribution in [3.8, 4) is 0 Å². The minimum atomic E-state index is -0.785. The number of nitrogens with zero attached hydrogens (tertiary/aromatic N) is 3. The molecule has 2 atom stereocenters. The Hall–Kier alpha value is -1.59. The van der Waals surface area contributed by atoms with Crippen LogP contribution in [-0.2, 0) is 4.79 Å². The van der Waals surface area contributed by atoms with Crippen molar-refractivity contribution in [1.82, 2.24) is 10.1 Å². The predicted octanol–water partition coefficient (Wildman–Crippen LogP) is 1.10. The number of hydrogen-bond acceptors (Lipinski definition) is 5. The zero-order valence-electron chi connectivity index (χ0n) is 9.38. The molecule has 0 spiro atoms. The van der Waals surface area contributed by atoms with Gasteiger partial charge in [-0.1, -0.05) is 0 Å². The molecule has 6 nitrogen and oxygen atoms in total. The SMILES string of the molecule is CCN(CC)c1noc(C2CC2C(=O)O)n1. The minimum absolute atomic E-state index is 0.0886. The van der Waals surface area contributed by atoms with Crippen molar-refractivity contribution in [2.45, 2.75) is 26.2 Å². The van der Waals surface area contributed by atoms with E-state index in [0.717, 1.165) is 13.1 Å². The van der Waals surface area contributed by atoms with Crippen molar-refractivity contribution in [3.63, 3.8) is 0 Å². The number of rotatable bonds is 5. The Balaban J connectivity index is 2.06. The van der Waals surface area contributed by atoms with Crippen molar-refractivity contribution < 1.29 is 14.4 Å². The average molecular weight is 225 g/mol. The first-order valence-corrected chi connectivity index (χ1v) is 5.48. The van der Waals surface area contributed by atoms with Crippen molar-refractivity contribution >= 4 is 11.9 Å². The molecule has 0 radical (unpaired) electrons. The molecule has 1 saturated carbocycles. The topological polar surface area (TPSA) is 79.5 Å².